The predicted octanol–water partition coefficient (Wildman–Crippen LogP) is 3.81. The molecule has 0 fully saturated rings. The molecule has 0 spiro atoms. The van der Waals surface area contributed by atoms with Gasteiger partial charge in [0.15, 0.2) is 0 Å². The molecular formula is C16H16F2N2S. The summed E-state index contributed by atoms with van der Waals surface area (Å²) in [5.74, 6) is -1.27. The van der Waals surface area contributed by atoms with Crippen molar-refractivity contribution in [2.45, 2.75) is 12.8 Å². The second-order valence-electron chi connectivity index (χ2n) is 4.87. The fourth-order valence-electron chi connectivity index (χ4n) is 2.04. The molecule has 1 unspecified atom stereocenters. The van der Waals surface area contributed by atoms with Gasteiger partial charge in [-0.1, -0.05) is 49.5 Å². The molecule has 110 valence electrons. The molecule has 0 bridgehead atoms. The highest BCUT2D eigenvalue weighted by Gasteiger charge is 2.13. The quantitative estimate of drug-likeness (QED) is 0.825. The maximum Gasteiger partial charge on any atom is 0.150 e. The van der Waals surface area contributed by atoms with Gasteiger partial charge in [0, 0.05) is 12.1 Å². The largest absolute Gasteiger partial charge is 0.389 e. The van der Waals surface area contributed by atoms with Crippen LogP contribution in [0.2, 0.25) is 0 Å². The third-order valence-corrected chi connectivity index (χ3v) is 3.52. The van der Waals surface area contributed by atoms with Crippen molar-refractivity contribution in [1.82, 2.24) is 0 Å². The highest BCUT2D eigenvalue weighted by Crippen LogP contribution is 2.23. The van der Waals surface area contributed by atoms with Gasteiger partial charge in [0.25, 0.3) is 0 Å². The van der Waals surface area contributed by atoms with Crippen molar-refractivity contribution in [3.05, 3.63) is 65.2 Å². The van der Waals surface area contributed by atoms with Crippen molar-refractivity contribution in [1.29, 1.82) is 0 Å². The molecule has 1 atom stereocenters. The third kappa shape index (κ3) is 3.76. The molecule has 0 aliphatic carbocycles. The van der Waals surface area contributed by atoms with Crippen molar-refractivity contribution in [2.24, 2.45) is 5.73 Å². The molecule has 5 heteroatoms. The second kappa shape index (κ2) is 6.63. The van der Waals surface area contributed by atoms with Crippen LogP contribution in [0.3, 0.4) is 0 Å². The average molecular weight is 306 g/mol. The first-order valence-corrected chi connectivity index (χ1v) is 6.97. The van der Waals surface area contributed by atoms with Gasteiger partial charge in [0.2, 0.25) is 0 Å². The van der Waals surface area contributed by atoms with Crippen LogP contribution in [0.4, 0.5) is 14.5 Å². The van der Waals surface area contributed by atoms with Crippen LogP contribution in [0.15, 0.2) is 42.5 Å². The maximum absolute atomic E-state index is 13.9. The normalized spacial score (nSPS) is 12.0. The minimum Gasteiger partial charge on any atom is -0.389 e. The predicted molar refractivity (Wildman–Crippen MR) is 85.6 cm³/mol. The summed E-state index contributed by atoms with van der Waals surface area (Å²) in [5.41, 5.74) is 6.51. The molecular weight excluding hydrogens is 290 g/mol. The van der Waals surface area contributed by atoms with Crippen LogP contribution in [0, 0.1) is 11.6 Å². The summed E-state index contributed by atoms with van der Waals surface area (Å²) >= 11 is 4.72. The topological polar surface area (TPSA) is 38.0 Å². The van der Waals surface area contributed by atoms with Gasteiger partial charge in [-0.05, 0) is 23.6 Å². The summed E-state index contributed by atoms with van der Waals surface area (Å²) in [6, 6.07) is 12.0. The van der Waals surface area contributed by atoms with Crippen LogP contribution >= 0.6 is 12.2 Å². The van der Waals surface area contributed by atoms with Gasteiger partial charge in [-0.15, -0.1) is 0 Å². The van der Waals surface area contributed by atoms with Gasteiger partial charge >= 0.3 is 0 Å². The molecule has 3 N–H and O–H groups in total. The fourth-order valence-corrected chi connectivity index (χ4v) is 2.16. The molecule has 0 aromatic heterocycles. The molecule has 0 heterocycles. The average Bonchev–Trinajstić information content (AvgIpc) is 2.46. The van der Waals surface area contributed by atoms with E-state index in [9.17, 15) is 8.78 Å². The lowest BCUT2D eigenvalue weighted by atomic mass is 10.0. The molecule has 2 nitrogen and oxygen atoms in total. The molecule has 0 saturated carbocycles. The number of rotatable bonds is 5. The molecule has 0 aliphatic rings. The molecule has 21 heavy (non-hydrogen) atoms. The molecule has 0 amide bonds. The monoisotopic (exact) mass is 306 g/mol. The third-order valence-electron chi connectivity index (χ3n) is 3.28. The summed E-state index contributed by atoms with van der Waals surface area (Å²) in [4.78, 5) is -0.0306. The Balaban J connectivity index is 2.12. The van der Waals surface area contributed by atoms with E-state index in [0.717, 1.165) is 17.7 Å². The smallest absolute Gasteiger partial charge is 0.150 e. The van der Waals surface area contributed by atoms with E-state index >= 15 is 0 Å². The van der Waals surface area contributed by atoms with Crippen LogP contribution in [-0.4, -0.2) is 11.5 Å². The van der Waals surface area contributed by atoms with Crippen LogP contribution < -0.4 is 11.1 Å². The summed E-state index contributed by atoms with van der Waals surface area (Å²) in [5, 5.41) is 2.81. The highest BCUT2D eigenvalue weighted by molar-refractivity contribution is 7.80. The van der Waals surface area contributed by atoms with Crippen LogP contribution in [-0.2, 0) is 0 Å². The van der Waals surface area contributed by atoms with E-state index in [0.29, 0.717) is 6.54 Å². The number of benzene rings is 2. The molecule has 0 saturated heterocycles. The minimum absolute atomic E-state index is 0.0306. The van der Waals surface area contributed by atoms with E-state index in [1.54, 1.807) is 0 Å². The number of nitrogens with one attached hydrogen (secondary N) is 1. The Morgan fingerprint density at radius 3 is 2.29 bits per heavy atom. The van der Waals surface area contributed by atoms with Crippen LogP contribution in [0.25, 0.3) is 0 Å². The van der Waals surface area contributed by atoms with Gasteiger partial charge in [-0.2, -0.15) is 0 Å². The zero-order valence-corrected chi connectivity index (χ0v) is 12.4. The number of halogens is 2. The molecule has 2 aromatic rings. The first-order valence-electron chi connectivity index (χ1n) is 6.56. The van der Waals surface area contributed by atoms with Gasteiger partial charge in [-0.25, -0.2) is 8.78 Å². The molecule has 0 radical (unpaired) electrons. The summed E-state index contributed by atoms with van der Waals surface area (Å²) in [6.45, 7) is 2.41. The number of anilines is 1. The Hall–Kier alpha value is -2.01. The Labute approximate surface area is 128 Å². The van der Waals surface area contributed by atoms with E-state index in [-0.39, 0.29) is 22.2 Å². The molecule has 2 rings (SSSR count). The first-order chi connectivity index (χ1) is 9.99. The highest BCUT2D eigenvalue weighted by atomic mass is 32.1. The van der Waals surface area contributed by atoms with Gasteiger partial charge in [0.1, 0.15) is 22.3 Å². The lowest BCUT2D eigenvalue weighted by Gasteiger charge is -2.15. The minimum atomic E-state index is -0.696. The van der Waals surface area contributed by atoms with Crippen LogP contribution in [0.1, 0.15) is 24.0 Å². The lowest BCUT2D eigenvalue weighted by Crippen LogP contribution is -2.14. The van der Waals surface area contributed by atoms with Gasteiger partial charge in [-0.3, -0.25) is 0 Å². The van der Waals surface area contributed by atoms with Crippen molar-refractivity contribution in [2.75, 3.05) is 11.9 Å². The fraction of sp³-hybridized carbons (Fsp3) is 0.188. The second-order valence-corrected chi connectivity index (χ2v) is 5.31. The first kappa shape index (κ1) is 15.4. The standard InChI is InChI=1S/C16H16F2N2S/c1-10(11-5-3-2-4-6-11)9-20-15-13(17)7-12(16(19)21)8-14(15)18/h2-8,10,20H,9H2,1H3,(H2,19,21). The van der Waals surface area contributed by atoms with E-state index in [2.05, 4.69) is 5.32 Å². The summed E-state index contributed by atoms with van der Waals surface area (Å²) in [6.07, 6.45) is 0. The van der Waals surface area contributed by atoms with Crippen LogP contribution in [0.5, 0.6) is 0 Å². The zero-order valence-electron chi connectivity index (χ0n) is 11.6. The van der Waals surface area contributed by atoms with Crippen molar-refractivity contribution in [3.63, 3.8) is 0 Å². The Kier molecular flexibility index (Phi) is 4.85. The Morgan fingerprint density at radius 1 is 1.19 bits per heavy atom. The van der Waals surface area contributed by atoms with Gasteiger partial charge < -0.3 is 11.1 Å². The van der Waals surface area contributed by atoms with Gasteiger partial charge in [0.05, 0.1) is 0 Å². The van der Waals surface area contributed by atoms with E-state index in [1.165, 1.54) is 0 Å². The Bertz CT molecular complexity index is 621. The Morgan fingerprint density at radius 2 is 1.76 bits per heavy atom. The number of nitrogens with two attached hydrogens (primary N) is 1. The van der Waals surface area contributed by atoms with Crippen molar-refractivity contribution < 1.29 is 8.78 Å². The maximum atomic E-state index is 13.9. The number of thiocarbonyl (C=S) groups is 1. The number of hydrogen-bond acceptors (Lipinski definition) is 2. The SMILES string of the molecule is CC(CNc1c(F)cc(C(N)=S)cc1F)c1ccccc1. The lowest BCUT2D eigenvalue weighted by molar-refractivity contribution is 0.586. The summed E-state index contributed by atoms with van der Waals surface area (Å²) < 4.78 is 27.8. The molecule has 0 aliphatic heterocycles. The van der Waals surface area contributed by atoms with E-state index in [1.807, 2.05) is 37.3 Å². The number of hydrogen-bond donors (Lipinski definition) is 2. The van der Waals surface area contributed by atoms with E-state index < -0.39 is 11.6 Å². The zero-order chi connectivity index (χ0) is 15.4. The van der Waals surface area contributed by atoms with Crippen molar-refractivity contribution in [3.8, 4) is 0 Å². The van der Waals surface area contributed by atoms with Crippen molar-refractivity contribution >= 4 is 22.9 Å². The molecule has 2 aromatic carbocycles. The van der Waals surface area contributed by atoms with E-state index in [4.69, 9.17) is 18.0 Å². The summed E-state index contributed by atoms with van der Waals surface area (Å²) in [7, 11) is 0.